The lowest BCUT2D eigenvalue weighted by atomic mass is 10.1. The van der Waals surface area contributed by atoms with E-state index in [0.29, 0.717) is 30.3 Å². The van der Waals surface area contributed by atoms with E-state index in [4.69, 9.17) is 10.2 Å². The van der Waals surface area contributed by atoms with Crippen LogP contribution in [0.25, 0.3) is 0 Å². The van der Waals surface area contributed by atoms with Gasteiger partial charge in [-0.05, 0) is 31.0 Å². The zero-order valence-electron chi connectivity index (χ0n) is 15.6. The third-order valence-corrected chi connectivity index (χ3v) is 3.58. The van der Waals surface area contributed by atoms with Gasteiger partial charge in [0.2, 0.25) is 0 Å². The minimum absolute atomic E-state index is 0.0370. The molecule has 1 aromatic rings. The second-order valence-electron chi connectivity index (χ2n) is 6.11. The Hall–Kier alpha value is -2.58. The quantitative estimate of drug-likeness (QED) is 0.267. The van der Waals surface area contributed by atoms with Gasteiger partial charge in [0.25, 0.3) is 0 Å². The monoisotopic (exact) mass is 383 g/mol. The summed E-state index contributed by atoms with van der Waals surface area (Å²) in [5.74, 6) is -2.59. The van der Waals surface area contributed by atoms with Crippen molar-refractivity contribution in [2.24, 2.45) is 0 Å². The summed E-state index contributed by atoms with van der Waals surface area (Å²) in [5.41, 5.74) is 0.519. The summed E-state index contributed by atoms with van der Waals surface area (Å²) in [6, 6.07) is 4.53. The Balaban J connectivity index is 0.000000713. The van der Waals surface area contributed by atoms with Crippen LogP contribution in [0.4, 0.5) is 0 Å². The Morgan fingerprint density at radius 1 is 1.04 bits per heavy atom. The average Bonchev–Trinajstić information content (AvgIpc) is 2.58. The summed E-state index contributed by atoms with van der Waals surface area (Å²) in [7, 11) is 0. The van der Waals surface area contributed by atoms with E-state index >= 15 is 0 Å². The zero-order chi connectivity index (χ0) is 20.8. The maximum absolute atomic E-state index is 10.0. The summed E-state index contributed by atoms with van der Waals surface area (Å²) in [4.78, 5) is 19.1. The van der Waals surface area contributed by atoms with Crippen LogP contribution in [0, 0.1) is 0 Å². The SMILES string of the molecule is CCCCC[C@@H](C)NC[C@H](O)c1cc(O)cc(O)c1.O=C(O)C=CC(=O)O. The molecule has 8 heteroatoms. The van der Waals surface area contributed by atoms with Crippen LogP contribution in [0.3, 0.4) is 0 Å². The van der Waals surface area contributed by atoms with E-state index in [9.17, 15) is 24.9 Å². The number of carboxylic acids is 2. The van der Waals surface area contributed by atoms with Gasteiger partial charge in [0.05, 0.1) is 6.10 Å². The number of carboxylic acid groups (broad SMARTS) is 2. The predicted molar refractivity (Wildman–Crippen MR) is 101 cm³/mol. The number of aromatic hydroxyl groups is 2. The highest BCUT2D eigenvalue weighted by molar-refractivity contribution is 5.89. The zero-order valence-corrected chi connectivity index (χ0v) is 15.6. The lowest BCUT2D eigenvalue weighted by Crippen LogP contribution is -2.30. The molecular weight excluding hydrogens is 354 g/mol. The van der Waals surface area contributed by atoms with Gasteiger partial charge in [-0.3, -0.25) is 0 Å². The fraction of sp³-hybridized carbons (Fsp3) is 0.474. The van der Waals surface area contributed by atoms with Crippen LogP contribution in [0.2, 0.25) is 0 Å². The molecule has 0 bridgehead atoms. The first kappa shape index (κ1) is 24.4. The molecular formula is C19H29NO7. The molecule has 0 aliphatic heterocycles. The van der Waals surface area contributed by atoms with Gasteiger partial charge in [-0.25, -0.2) is 9.59 Å². The number of aliphatic carboxylic acids is 2. The largest absolute Gasteiger partial charge is 0.508 e. The molecule has 0 saturated carbocycles. The summed E-state index contributed by atoms with van der Waals surface area (Å²) in [6.45, 7) is 4.69. The number of benzene rings is 1. The number of aliphatic hydroxyl groups excluding tert-OH is 1. The number of aliphatic hydroxyl groups is 1. The van der Waals surface area contributed by atoms with Crippen molar-refractivity contribution in [2.45, 2.75) is 51.7 Å². The maximum atomic E-state index is 10.0. The van der Waals surface area contributed by atoms with E-state index in [1.807, 2.05) is 0 Å². The van der Waals surface area contributed by atoms with E-state index in [1.54, 1.807) is 0 Å². The Morgan fingerprint density at radius 2 is 1.56 bits per heavy atom. The van der Waals surface area contributed by atoms with E-state index in [-0.39, 0.29) is 11.5 Å². The first-order chi connectivity index (χ1) is 12.6. The molecule has 0 amide bonds. The van der Waals surface area contributed by atoms with Gasteiger partial charge in [-0.1, -0.05) is 26.2 Å². The first-order valence-electron chi connectivity index (χ1n) is 8.74. The number of hydrogen-bond donors (Lipinski definition) is 6. The van der Waals surface area contributed by atoms with E-state index in [2.05, 4.69) is 19.2 Å². The molecule has 8 nitrogen and oxygen atoms in total. The number of nitrogens with one attached hydrogen (secondary N) is 1. The van der Waals surface area contributed by atoms with Crippen LogP contribution in [0.15, 0.2) is 30.4 Å². The predicted octanol–water partition coefficient (Wildman–Crippen LogP) is 2.40. The van der Waals surface area contributed by atoms with Gasteiger partial charge in [0.15, 0.2) is 0 Å². The Morgan fingerprint density at radius 3 is 2.00 bits per heavy atom. The fourth-order valence-corrected chi connectivity index (χ4v) is 2.19. The Bertz CT molecular complexity index is 580. The van der Waals surface area contributed by atoms with Crippen LogP contribution in [0.1, 0.15) is 51.2 Å². The number of rotatable bonds is 10. The summed E-state index contributed by atoms with van der Waals surface area (Å²) in [6.07, 6.45) is 5.10. The lowest BCUT2D eigenvalue weighted by molar-refractivity contribution is -0.134. The van der Waals surface area contributed by atoms with E-state index in [1.165, 1.54) is 37.5 Å². The van der Waals surface area contributed by atoms with Crippen LogP contribution < -0.4 is 5.32 Å². The standard InChI is InChI=1S/C15H25NO3.C4H4O4/c1-3-4-5-6-11(2)16-10-15(19)12-7-13(17)9-14(18)8-12;5-3(6)1-2-4(7)8/h7-9,11,15-19H,3-6,10H2,1-2H3;1-2H,(H,5,6)(H,7,8)/t11-,15+;/m1./s1. The molecule has 6 N–H and O–H groups in total. The Kier molecular flexibility index (Phi) is 12.3. The van der Waals surface area contributed by atoms with Crippen molar-refractivity contribution in [3.8, 4) is 11.5 Å². The number of phenols is 2. The van der Waals surface area contributed by atoms with Gasteiger partial charge >= 0.3 is 11.9 Å². The van der Waals surface area contributed by atoms with Gasteiger partial charge in [-0.2, -0.15) is 0 Å². The molecule has 0 radical (unpaired) electrons. The molecule has 0 saturated heterocycles. The maximum Gasteiger partial charge on any atom is 0.328 e. The highest BCUT2D eigenvalue weighted by atomic mass is 16.4. The molecule has 1 aromatic carbocycles. The van der Waals surface area contributed by atoms with Crippen LogP contribution >= 0.6 is 0 Å². The minimum Gasteiger partial charge on any atom is -0.508 e. The summed E-state index contributed by atoms with van der Waals surface area (Å²) in [5, 5.41) is 47.6. The highest BCUT2D eigenvalue weighted by Gasteiger charge is 2.11. The van der Waals surface area contributed by atoms with E-state index in [0.717, 1.165) is 6.42 Å². The molecule has 0 heterocycles. The minimum atomic E-state index is -1.26. The van der Waals surface area contributed by atoms with Crippen LogP contribution in [-0.4, -0.2) is 50.1 Å². The fourth-order valence-electron chi connectivity index (χ4n) is 2.19. The highest BCUT2D eigenvalue weighted by Crippen LogP contribution is 2.24. The van der Waals surface area contributed by atoms with Crippen molar-refractivity contribution in [3.05, 3.63) is 35.9 Å². The number of hydrogen-bond acceptors (Lipinski definition) is 6. The topological polar surface area (TPSA) is 147 Å². The normalized spacial score (nSPS) is 12.9. The van der Waals surface area contributed by atoms with Crippen molar-refractivity contribution in [3.63, 3.8) is 0 Å². The molecule has 2 atom stereocenters. The summed E-state index contributed by atoms with van der Waals surface area (Å²) >= 11 is 0. The lowest BCUT2D eigenvalue weighted by Gasteiger charge is -2.17. The molecule has 27 heavy (non-hydrogen) atoms. The van der Waals surface area contributed by atoms with Crippen LogP contribution in [0.5, 0.6) is 11.5 Å². The number of unbranched alkanes of at least 4 members (excludes halogenated alkanes) is 2. The van der Waals surface area contributed by atoms with Gasteiger partial charge < -0.3 is 30.8 Å². The number of carbonyl (C=O) groups is 2. The average molecular weight is 383 g/mol. The first-order valence-corrected chi connectivity index (χ1v) is 8.74. The van der Waals surface area contributed by atoms with Crippen molar-refractivity contribution in [1.29, 1.82) is 0 Å². The molecule has 0 aliphatic carbocycles. The van der Waals surface area contributed by atoms with Gasteiger partial charge in [-0.15, -0.1) is 0 Å². The molecule has 1 rings (SSSR count). The number of phenolic OH excluding ortho intramolecular Hbond substituents is 2. The van der Waals surface area contributed by atoms with Crippen molar-refractivity contribution < 1.29 is 35.1 Å². The Labute approximate surface area is 158 Å². The third-order valence-electron chi connectivity index (χ3n) is 3.58. The third kappa shape index (κ3) is 13.3. The van der Waals surface area contributed by atoms with E-state index < -0.39 is 18.0 Å². The van der Waals surface area contributed by atoms with Crippen molar-refractivity contribution in [2.75, 3.05) is 6.54 Å². The molecule has 0 fully saturated rings. The van der Waals surface area contributed by atoms with Gasteiger partial charge in [0.1, 0.15) is 11.5 Å². The molecule has 0 unspecified atom stereocenters. The van der Waals surface area contributed by atoms with Crippen molar-refractivity contribution >= 4 is 11.9 Å². The smallest absolute Gasteiger partial charge is 0.328 e. The second kappa shape index (κ2) is 13.6. The molecule has 0 spiro atoms. The van der Waals surface area contributed by atoms with Gasteiger partial charge in [0, 0.05) is 30.8 Å². The molecule has 0 aromatic heterocycles. The second-order valence-corrected chi connectivity index (χ2v) is 6.11. The molecule has 152 valence electrons. The van der Waals surface area contributed by atoms with Crippen LogP contribution in [-0.2, 0) is 9.59 Å². The molecule has 0 aliphatic rings. The van der Waals surface area contributed by atoms with Crippen molar-refractivity contribution in [1.82, 2.24) is 5.32 Å². The summed E-state index contributed by atoms with van der Waals surface area (Å²) < 4.78 is 0.